The van der Waals surface area contributed by atoms with Crippen LogP contribution in [0.15, 0.2) is 217 Å². The van der Waals surface area contributed by atoms with E-state index in [4.69, 9.17) is 19.4 Å². The molecule has 0 saturated carbocycles. The van der Waals surface area contributed by atoms with Crippen LogP contribution in [0.4, 0.5) is 0 Å². The molecule has 0 aliphatic heterocycles. The molecule has 0 atom stereocenters. The number of hydrogen-bond donors (Lipinski definition) is 0. The summed E-state index contributed by atoms with van der Waals surface area (Å²) >= 11 is 0. The Morgan fingerprint density at radius 1 is 0.262 bits per heavy atom. The number of aromatic nitrogens is 3. The molecule has 2 aromatic heterocycles. The van der Waals surface area contributed by atoms with Gasteiger partial charge >= 0.3 is 0 Å². The molecule has 0 unspecified atom stereocenters. The van der Waals surface area contributed by atoms with Crippen molar-refractivity contribution in [2.24, 2.45) is 0 Å². The zero-order chi connectivity index (χ0) is 40.3. The Kier molecular flexibility index (Phi) is 8.13. The van der Waals surface area contributed by atoms with Gasteiger partial charge in [-0.3, -0.25) is 0 Å². The van der Waals surface area contributed by atoms with E-state index in [9.17, 15) is 0 Å². The lowest BCUT2D eigenvalue weighted by Gasteiger charge is -2.21. The average Bonchev–Trinajstić information content (AvgIpc) is 3.72. The minimum atomic E-state index is 0.558. The van der Waals surface area contributed by atoms with Gasteiger partial charge in [-0.05, 0) is 83.9 Å². The van der Waals surface area contributed by atoms with Gasteiger partial charge in [0.25, 0.3) is 0 Å². The Morgan fingerprint density at radius 2 is 0.738 bits per heavy atom. The first kappa shape index (κ1) is 34.8. The largest absolute Gasteiger partial charge is 0.455 e. The second-order valence-electron chi connectivity index (χ2n) is 15.4. The molecule has 0 aliphatic carbocycles. The summed E-state index contributed by atoms with van der Waals surface area (Å²) in [6.45, 7) is 0. The zero-order valence-corrected chi connectivity index (χ0v) is 33.0. The maximum Gasteiger partial charge on any atom is 0.167 e. The fraction of sp³-hybridized carbons (Fsp3) is 0. The van der Waals surface area contributed by atoms with E-state index in [2.05, 4.69) is 158 Å². The third-order valence-electron chi connectivity index (χ3n) is 12.0. The van der Waals surface area contributed by atoms with E-state index in [1.807, 2.05) is 54.6 Å². The summed E-state index contributed by atoms with van der Waals surface area (Å²) in [6.07, 6.45) is 0. The van der Waals surface area contributed by atoms with Gasteiger partial charge in [-0.25, -0.2) is 15.0 Å². The molecule has 0 saturated heterocycles. The molecule has 0 aliphatic rings. The van der Waals surface area contributed by atoms with Crippen molar-refractivity contribution >= 4 is 54.3 Å². The lowest BCUT2D eigenvalue weighted by molar-refractivity contribution is 0.669. The van der Waals surface area contributed by atoms with E-state index >= 15 is 0 Å². The standard InChI is InChI=1S/C57H35N3O/c1-3-16-36(17-4-1)42-32-30-37-18-7-9-22-40(37)52(42)49-33-31-38-19-8-10-23-41(38)53(49)46-34-35-48(44-25-12-11-24-43(44)46)56-58-55(39-20-5-2-6-21-39)59-57(60-56)50-28-15-27-47-45-26-13-14-29-51(45)61-54(47)50/h1-35H. The molecule has 0 radical (unpaired) electrons. The van der Waals surface area contributed by atoms with Gasteiger partial charge in [0.15, 0.2) is 17.5 Å². The van der Waals surface area contributed by atoms with Crippen LogP contribution < -0.4 is 0 Å². The number of benzene rings is 10. The molecule has 0 N–H and O–H groups in total. The highest BCUT2D eigenvalue weighted by atomic mass is 16.3. The molecular formula is C57H35N3O. The van der Waals surface area contributed by atoms with Crippen LogP contribution in [0.2, 0.25) is 0 Å². The predicted molar refractivity (Wildman–Crippen MR) is 252 cm³/mol. The maximum atomic E-state index is 6.51. The molecule has 284 valence electrons. The first-order valence-corrected chi connectivity index (χ1v) is 20.6. The average molecular weight is 778 g/mol. The highest BCUT2D eigenvalue weighted by Crippen LogP contribution is 2.48. The maximum absolute atomic E-state index is 6.51. The van der Waals surface area contributed by atoms with Crippen LogP contribution in [0.3, 0.4) is 0 Å². The molecule has 61 heavy (non-hydrogen) atoms. The molecule has 12 aromatic rings. The normalized spacial score (nSPS) is 11.6. The molecule has 10 aromatic carbocycles. The first-order chi connectivity index (χ1) is 30.3. The van der Waals surface area contributed by atoms with Crippen molar-refractivity contribution in [1.29, 1.82) is 0 Å². The number of para-hydroxylation sites is 2. The minimum Gasteiger partial charge on any atom is -0.455 e. The Hall–Kier alpha value is -8.21. The van der Waals surface area contributed by atoms with Crippen molar-refractivity contribution in [1.82, 2.24) is 15.0 Å². The highest BCUT2D eigenvalue weighted by Gasteiger charge is 2.23. The van der Waals surface area contributed by atoms with Gasteiger partial charge in [-0.15, -0.1) is 0 Å². The van der Waals surface area contributed by atoms with Crippen molar-refractivity contribution in [2.75, 3.05) is 0 Å². The summed E-state index contributed by atoms with van der Waals surface area (Å²) in [7, 11) is 0. The van der Waals surface area contributed by atoms with Gasteiger partial charge in [0.05, 0.1) is 5.56 Å². The fourth-order valence-corrected chi connectivity index (χ4v) is 9.16. The number of rotatable bonds is 6. The van der Waals surface area contributed by atoms with E-state index in [-0.39, 0.29) is 0 Å². The van der Waals surface area contributed by atoms with Gasteiger partial charge in [0.2, 0.25) is 0 Å². The smallest absolute Gasteiger partial charge is 0.167 e. The third-order valence-corrected chi connectivity index (χ3v) is 12.0. The number of nitrogens with zero attached hydrogens (tertiary/aromatic N) is 3. The van der Waals surface area contributed by atoms with E-state index < -0.39 is 0 Å². The Labute approximate surface area is 352 Å². The van der Waals surface area contributed by atoms with Gasteiger partial charge in [0.1, 0.15) is 11.2 Å². The Bertz CT molecular complexity index is 3650. The van der Waals surface area contributed by atoms with Gasteiger partial charge in [-0.1, -0.05) is 194 Å². The van der Waals surface area contributed by atoms with Crippen molar-refractivity contribution in [2.45, 2.75) is 0 Å². The molecular weight excluding hydrogens is 743 g/mol. The lowest BCUT2D eigenvalue weighted by Crippen LogP contribution is -2.01. The zero-order valence-electron chi connectivity index (χ0n) is 33.0. The molecule has 4 nitrogen and oxygen atoms in total. The summed E-state index contributed by atoms with van der Waals surface area (Å²) in [4.78, 5) is 15.6. The summed E-state index contributed by atoms with van der Waals surface area (Å²) in [5, 5.41) is 9.05. The Balaban J connectivity index is 1.12. The quantitative estimate of drug-likeness (QED) is 0.169. The van der Waals surface area contributed by atoms with Crippen molar-refractivity contribution in [3.63, 3.8) is 0 Å². The number of furan rings is 1. The van der Waals surface area contributed by atoms with E-state index in [0.29, 0.717) is 17.5 Å². The van der Waals surface area contributed by atoms with Gasteiger partial charge in [-0.2, -0.15) is 0 Å². The second kappa shape index (κ2) is 14.3. The predicted octanol–water partition coefficient (Wildman–Crippen LogP) is 15.2. The summed E-state index contributed by atoms with van der Waals surface area (Å²) in [6, 6.07) is 74.9. The second-order valence-corrected chi connectivity index (χ2v) is 15.4. The van der Waals surface area contributed by atoms with E-state index in [1.165, 1.54) is 49.4 Å². The molecule has 4 heteroatoms. The van der Waals surface area contributed by atoms with Crippen LogP contribution in [0, 0.1) is 0 Å². The number of fused-ring (bicyclic) bond motifs is 6. The molecule has 0 fully saturated rings. The van der Waals surface area contributed by atoms with Gasteiger partial charge < -0.3 is 4.42 Å². The van der Waals surface area contributed by atoms with Crippen LogP contribution in [0.25, 0.3) is 122 Å². The van der Waals surface area contributed by atoms with E-state index in [0.717, 1.165) is 55.0 Å². The van der Waals surface area contributed by atoms with Crippen LogP contribution in [-0.2, 0) is 0 Å². The van der Waals surface area contributed by atoms with E-state index in [1.54, 1.807) is 0 Å². The fourth-order valence-electron chi connectivity index (χ4n) is 9.16. The van der Waals surface area contributed by atoms with Crippen LogP contribution in [0.5, 0.6) is 0 Å². The lowest BCUT2D eigenvalue weighted by atomic mass is 9.82. The van der Waals surface area contributed by atoms with Gasteiger partial charge in [0, 0.05) is 21.9 Å². The van der Waals surface area contributed by atoms with Crippen molar-refractivity contribution < 1.29 is 4.42 Å². The molecule has 0 bridgehead atoms. The third kappa shape index (κ3) is 5.80. The molecule has 2 heterocycles. The SMILES string of the molecule is c1ccc(-c2nc(-c3ccc(-c4c(-c5c(-c6ccccc6)ccc6ccccc56)ccc5ccccc45)c4ccccc34)nc(-c3cccc4c3oc3ccccc34)n2)cc1. The first-order valence-electron chi connectivity index (χ1n) is 20.6. The highest BCUT2D eigenvalue weighted by molar-refractivity contribution is 6.17. The van der Waals surface area contributed by atoms with Crippen molar-refractivity contribution in [3.05, 3.63) is 212 Å². The van der Waals surface area contributed by atoms with Crippen LogP contribution in [0.1, 0.15) is 0 Å². The monoisotopic (exact) mass is 777 g/mol. The molecule has 12 rings (SSSR count). The Morgan fingerprint density at radius 3 is 1.44 bits per heavy atom. The molecule has 0 spiro atoms. The molecule has 0 amide bonds. The summed E-state index contributed by atoms with van der Waals surface area (Å²) in [5.41, 5.74) is 11.3. The van der Waals surface area contributed by atoms with Crippen LogP contribution in [-0.4, -0.2) is 15.0 Å². The minimum absolute atomic E-state index is 0.558. The summed E-state index contributed by atoms with van der Waals surface area (Å²) in [5.74, 6) is 1.75. The summed E-state index contributed by atoms with van der Waals surface area (Å²) < 4.78 is 6.51. The van der Waals surface area contributed by atoms with Crippen LogP contribution >= 0.6 is 0 Å². The van der Waals surface area contributed by atoms with Crippen molar-refractivity contribution in [3.8, 4) is 67.5 Å². The topological polar surface area (TPSA) is 51.8 Å². The number of hydrogen-bond acceptors (Lipinski definition) is 4.